The monoisotopic (exact) mass is 428 g/mol. The van der Waals surface area contributed by atoms with Crippen LogP contribution in [0.5, 0.6) is 0 Å². The van der Waals surface area contributed by atoms with Gasteiger partial charge in [0.15, 0.2) is 11.5 Å². The van der Waals surface area contributed by atoms with E-state index in [9.17, 15) is 9.59 Å². The average Bonchev–Trinajstić information content (AvgIpc) is 3.09. The Labute approximate surface area is 185 Å². The lowest BCUT2D eigenvalue weighted by Crippen LogP contribution is -2.51. The fourth-order valence-corrected chi connectivity index (χ4v) is 4.08. The zero-order valence-electron chi connectivity index (χ0n) is 18.1. The zero-order chi connectivity index (χ0) is 22.2. The lowest BCUT2D eigenvalue weighted by Gasteiger charge is -2.36. The number of aromatic nitrogens is 4. The van der Waals surface area contributed by atoms with E-state index in [1.165, 1.54) is 14.7 Å². The summed E-state index contributed by atoms with van der Waals surface area (Å²) in [6, 6.07) is 17.6. The van der Waals surface area contributed by atoms with Gasteiger partial charge in [-0.15, -0.1) is 0 Å². The maximum absolute atomic E-state index is 13.3. The van der Waals surface area contributed by atoms with Gasteiger partial charge >= 0.3 is 11.7 Å². The summed E-state index contributed by atoms with van der Waals surface area (Å²) in [7, 11) is 1.63. The second-order valence-corrected chi connectivity index (χ2v) is 8.04. The Morgan fingerprint density at radius 3 is 2.31 bits per heavy atom. The third-order valence-corrected chi connectivity index (χ3v) is 5.96. The average molecular weight is 428 g/mol. The Hall–Kier alpha value is -3.94. The maximum Gasteiger partial charge on any atom is 0.338 e. The van der Waals surface area contributed by atoms with Gasteiger partial charge in [-0.1, -0.05) is 48.0 Å². The first-order valence-corrected chi connectivity index (χ1v) is 10.6. The van der Waals surface area contributed by atoms with Crippen LogP contribution < -0.4 is 10.6 Å². The van der Waals surface area contributed by atoms with Crippen LogP contribution in [0.2, 0.25) is 0 Å². The van der Waals surface area contributed by atoms with E-state index in [2.05, 4.69) is 46.1 Å². The van der Waals surface area contributed by atoms with E-state index in [1.54, 1.807) is 18.1 Å². The topological polar surface area (TPSA) is 76.3 Å². The van der Waals surface area contributed by atoms with Crippen molar-refractivity contribution in [2.24, 2.45) is 7.05 Å². The largest absolute Gasteiger partial charge is 0.368 e. The van der Waals surface area contributed by atoms with Gasteiger partial charge in [0.2, 0.25) is 0 Å². The van der Waals surface area contributed by atoms with E-state index in [1.807, 2.05) is 30.3 Å². The molecule has 0 atom stereocenters. The SMILES string of the molecule is Cc1ccc(N2CCN(C(=O)n3c(=O)n(C)c4nc(-c5ccccc5)ncc43)CC2)cc1. The molecule has 8 heteroatoms. The zero-order valence-corrected chi connectivity index (χ0v) is 18.1. The Balaban J connectivity index is 1.41. The number of carbonyl (C=O) groups is 1. The van der Waals surface area contributed by atoms with Crippen molar-refractivity contribution in [3.8, 4) is 11.4 Å². The van der Waals surface area contributed by atoms with Crippen LogP contribution in [0.15, 0.2) is 65.6 Å². The number of rotatable bonds is 2. The van der Waals surface area contributed by atoms with Gasteiger partial charge in [0, 0.05) is 44.5 Å². The van der Waals surface area contributed by atoms with Crippen LogP contribution in [0.4, 0.5) is 10.5 Å². The van der Waals surface area contributed by atoms with Crippen LogP contribution in [0, 0.1) is 6.92 Å². The van der Waals surface area contributed by atoms with Gasteiger partial charge in [0.25, 0.3) is 0 Å². The number of hydrogen-bond acceptors (Lipinski definition) is 5. The fraction of sp³-hybridized carbons (Fsp3) is 0.250. The number of carbonyl (C=O) groups excluding carboxylic acids is 1. The number of hydrogen-bond donors (Lipinski definition) is 0. The van der Waals surface area contributed by atoms with E-state index in [4.69, 9.17) is 0 Å². The van der Waals surface area contributed by atoms with E-state index >= 15 is 0 Å². The van der Waals surface area contributed by atoms with Crippen LogP contribution in [-0.2, 0) is 7.05 Å². The molecule has 0 saturated carbocycles. The van der Waals surface area contributed by atoms with Crippen molar-refractivity contribution in [3.63, 3.8) is 0 Å². The molecular weight excluding hydrogens is 404 g/mol. The number of imidazole rings is 1. The first-order chi connectivity index (χ1) is 15.5. The van der Waals surface area contributed by atoms with Crippen molar-refractivity contribution < 1.29 is 4.79 Å². The van der Waals surface area contributed by atoms with Crippen molar-refractivity contribution in [1.82, 2.24) is 24.0 Å². The molecular formula is C24H24N6O2. The van der Waals surface area contributed by atoms with E-state index in [0.717, 1.165) is 11.3 Å². The number of fused-ring (bicyclic) bond motifs is 1. The van der Waals surface area contributed by atoms with Gasteiger partial charge in [-0.3, -0.25) is 4.57 Å². The molecule has 8 nitrogen and oxygen atoms in total. The van der Waals surface area contributed by atoms with Gasteiger partial charge in [-0.2, -0.15) is 0 Å². The van der Waals surface area contributed by atoms with E-state index < -0.39 is 5.69 Å². The van der Waals surface area contributed by atoms with Gasteiger partial charge in [-0.25, -0.2) is 24.1 Å². The van der Waals surface area contributed by atoms with Crippen molar-refractivity contribution >= 4 is 22.9 Å². The van der Waals surface area contributed by atoms with Crippen LogP contribution in [0.3, 0.4) is 0 Å². The maximum atomic E-state index is 13.3. The third-order valence-electron chi connectivity index (χ3n) is 5.96. The summed E-state index contributed by atoms with van der Waals surface area (Å²) in [6.45, 7) is 4.57. The first kappa shape index (κ1) is 20.0. The molecule has 0 radical (unpaired) electrons. The number of aryl methyl sites for hydroxylation is 2. The van der Waals surface area contributed by atoms with E-state index in [0.29, 0.717) is 43.2 Å². The summed E-state index contributed by atoms with van der Waals surface area (Å²) in [5, 5.41) is 0. The molecule has 1 aliphatic heterocycles. The highest BCUT2D eigenvalue weighted by atomic mass is 16.2. The molecule has 1 amide bonds. The highest BCUT2D eigenvalue weighted by Gasteiger charge is 2.27. The highest BCUT2D eigenvalue weighted by molar-refractivity contribution is 5.88. The lowest BCUT2D eigenvalue weighted by molar-refractivity contribution is 0.196. The minimum Gasteiger partial charge on any atom is -0.368 e. The Bertz CT molecular complexity index is 1330. The Kier molecular flexibility index (Phi) is 4.97. The second-order valence-electron chi connectivity index (χ2n) is 8.04. The molecule has 0 N–H and O–H groups in total. The standard InChI is InChI=1S/C24H24N6O2/c1-17-8-10-19(11-9-17)28-12-14-29(15-13-28)24(32)30-20-16-25-21(18-6-4-3-5-7-18)26-22(20)27(2)23(30)31/h3-11,16H,12-15H2,1-2H3. The van der Waals surface area contributed by atoms with Gasteiger partial charge in [0.1, 0.15) is 5.52 Å². The Morgan fingerprint density at radius 1 is 0.938 bits per heavy atom. The van der Waals surface area contributed by atoms with E-state index in [-0.39, 0.29) is 6.03 Å². The quantitative estimate of drug-likeness (QED) is 0.491. The molecule has 2 aromatic carbocycles. The number of benzene rings is 2. The van der Waals surface area contributed by atoms with Crippen molar-refractivity contribution in [2.45, 2.75) is 6.92 Å². The molecule has 4 aromatic rings. The minimum absolute atomic E-state index is 0.333. The molecule has 1 fully saturated rings. The first-order valence-electron chi connectivity index (χ1n) is 10.6. The summed E-state index contributed by atoms with van der Waals surface area (Å²) in [4.78, 5) is 39.2. The third kappa shape index (κ3) is 3.43. The summed E-state index contributed by atoms with van der Waals surface area (Å²) in [5.41, 5.74) is 3.67. The number of anilines is 1. The van der Waals surface area contributed by atoms with Crippen molar-refractivity contribution in [1.29, 1.82) is 0 Å². The Morgan fingerprint density at radius 2 is 1.62 bits per heavy atom. The predicted octanol–water partition coefficient (Wildman–Crippen LogP) is 2.90. The fourth-order valence-electron chi connectivity index (χ4n) is 4.08. The molecule has 5 rings (SSSR count). The van der Waals surface area contributed by atoms with Gasteiger partial charge < -0.3 is 9.80 Å². The van der Waals surface area contributed by atoms with Gasteiger partial charge in [-0.05, 0) is 19.1 Å². The molecule has 162 valence electrons. The molecule has 1 aliphatic rings. The number of piperazine rings is 1. The van der Waals surface area contributed by atoms with Crippen molar-refractivity contribution in [2.75, 3.05) is 31.1 Å². The summed E-state index contributed by atoms with van der Waals surface area (Å²) >= 11 is 0. The molecule has 2 aromatic heterocycles. The molecule has 32 heavy (non-hydrogen) atoms. The summed E-state index contributed by atoms with van der Waals surface area (Å²) in [5.74, 6) is 0.519. The summed E-state index contributed by atoms with van der Waals surface area (Å²) in [6.07, 6.45) is 1.56. The lowest BCUT2D eigenvalue weighted by atomic mass is 10.2. The van der Waals surface area contributed by atoms with Crippen LogP contribution >= 0.6 is 0 Å². The predicted molar refractivity (Wildman–Crippen MR) is 124 cm³/mol. The minimum atomic E-state index is -0.412. The van der Waals surface area contributed by atoms with Crippen LogP contribution in [0.25, 0.3) is 22.6 Å². The highest BCUT2D eigenvalue weighted by Crippen LogP contribution is 2.20. The molecule has 0 unspecified atom stereocenters. The molecule has 0 aliphatic carbocycles. The van der Waals surface area contributed by atoms with Crippen molar-refractivity contribution in [3.05, 3.63) is 76.8 Å². The van der Waals surface area contributed by atoms with Crippen LogP contribution in [0.1, 0.15) is 5.56 Å². The van der Waals surface area contributed by atoms with Crippen LogP contribution in [-0.4, -0.2) is 56.2 Å². The molecule has 1 saturated heterocycles. The second kappa shape index (κ2) is 7.96. The van der Waals surface area contributed by atoms with Gasteiger partial charge in [0.05, 0.1) is 6.20 Å². The normalized spacial score (nSPS) is 14.2. The molecule has 0 bridgehead atoms. The number of nitrogens with zero attached hydrogens (tertiary/aromatic N) is 6. The summed E-state index contributed by atoms with van der Waals surface area (Å²) < 4.78 is 2.59. The molecule has 3 heterocycles. The smallest absolute Gasteiger partial charge is 0.338 e. The number of amides is 1. The molecule has 0 spiro atoms.